The van der Waals surface area contributed by atoms with E-state index in [9.17, 15) is 21.6 Å². The summed E-state index contributed by atoms with van der Waals surface area (Å²) in [5, 5.41) is 2.73. The van der Waals surface area contributed by atoms with Crippen molar-refractivity contribution in [3.63, 3.8) is 0 Å². The molecule has 0 radical (unpaired) electrons. The predicted octanol–water partition coefficient (Wildman–Crippen LogP) is 1.47. The van der Waals surface area contributed by atoms with Gasteiger partial charge in [0.2, 0.25) is 20.0 Å². The first-order chi connectivity index (χ1) is 16.6. The number of rotatable bonds is 11. The molecule has 1 saturated heterocycles. The zero-order valence-electron chi connectivity index (χ0n) is 19.4. The minimum absolute atomic E-state index is 0.127. The minimum Gasteiger partial charge on any atom is -0.492 e. The summed E-state index contributed by atoms with van der Waals surface area (Å²) in [6, 6.07) is 12.3. The van der Waals surface area contributed by atoms with Crippen LogP contribution in [0.15, 0.2) is 66.1 Å². The summed E-state index contributed by atoms with van der Waals surface area (Å²) in [5.41, 5.74) is 0.810. The number of ether oxygens (including phenoxy) is 2. The van der Waals surface area contributed by atoms with E-state index in [1.165, 1.54) is 26.8 Å². The molecule has 1 aliphatic heterocycles. The lowest BCUT2D eigenvalue weighted by molar-refractivity contribution is 0.0730. The molecule has 0 aliphatic carbocycles. The standard InChI is InChI=1S/C23H29N3O7S2/c1-3-13-26(34(2,28)29)20-6-4-19(5-7-20)23(27)24-12-16-33-21-8-10-22(11-9-21)35(30,31)25-14-17-32-18-15-25/h3-11H,1,12-18H2,2H3,(H,24,27). The number of morpholine rings is 1. The van der Waals surface area contributed by atoms with E-state index in [0.29, 0.717) is 43.3 Å². The topological polar surface area (TPSA) is 122 Å². The molecule has 2 aromatic rings. The molecular formula is C23H29N3O7S2. The van der Waals surface area contributed by atoms with Crippen LogP contribution in [0.2, 0.25) is 0 Å². The summed E-state index contributed by atoms with van der Waals surface area (Å²) in [5.74, 6) is 0.148. The highest BCUT2D eigenvalue weighted by atomic mass is 32.2. The highest BCUT2D eigenvalue weighted by molar-refractivity contribution is 7.92. The summed E-state index contributed by atoms with van der Waals surface area (Å²) in [4.78, 5) is 12.6. The molecule has 0 unspecified atom stereocenters. The van der Waals surface area contributed by atoms with E-state index in [-0.39, 0.29) is 30.5 Å². The lowest BCUT2D eigenvalue weighted by Crippen LogP contribution is -2.40. The van der Waals surface area contributed by atoms with Gasteiger partial charge in [-0.3, -0.25) is 9.10 Å². The van der Waals surface area contributed by atoms with Gasteiger partial charge in [-0.25, -0.2) is 16.8 Å². The highest BCUT2D eigenvalue weighted by Crippen LogP contribution is 2.21. The Balaban J connectivity index is 1.49. The van der Waals surface area contributed by atoms with Crippen molar-refractivity contribution in [2.45, 2.75) is 4.90 Å². The number of benzene rings is 2. The van der Waals surface area contributed by atoms with Gasteiger partial charge >= 0.3 is 0 Å². The maximum absolute atomic E-state index is 12.7. The summed E-state index contributed by atoms with van der Waals surface area (Å²) in [6.45, 7) is 5.51. The molecule has 0 atom stereocenters. The normalized spacial score (nSPS) is 14.8. The third kappa shape index (κ3) is 7.04. The Kier molecular flexibility index (Phi) is 8.89. The fourth-order valence-corrected chi connectivity index (χ4v) is 5.70. The van der Waals surface area contributed by atoms with Gasteiger partial charge < -0.3 is 14.8 Å². The van der Waals surface area contributed by atoms with Crippen LogP contribution in [-0.2, 0) is 24.8 Å². The van der Waals surface area contributed by atoms with Gasteiger partial charge in [0, 0.05) is 18.7 Å². The van der Waals surface area contributed by atoms with E-state index in [4.69, 9.17) is 9.47 Å². The zero-order valence-corrected chi connectivity index (χ0v) is 21.1. The first-order valence-electron chi connectivity index (χ1n) is 10.9. The Morgan fingerprint density at radius 1 is 1.09 bits per heavy atom. The lowest BCUT2D eigenvalue weighted by atomic mass is 10.2. The average molecular weight is 524 g/mol. The van der Waals surface area contributed by atoms with E-state index >= 15 is 0 Å². The number of amides is 1. The summed E-state index contributed by atoms with van der Waals surface area (Å²) in [7, 11) is -7.04. The molecule has 1 amide bonds. The van der Waals surface area contributed by atoms with Crippen LogP contribution in [-0.4, -0.2) is 79.3 Å². The van der Waals surface area contributed by atoms with Gasteiger partial charge in [-0.2, -0.15) is 4.31 Å². The molecule has 12 heteroatoms. The molecule has 0 aromatic heterocycles. The predicted molar refractivity (Wildman–Crippen MR) is 133 cm³/mol. The molecule has 0 bridgehead atoms. The fourth-order valence-electron chi connectivity index (χ4n) is 3.41. The number of carbonyl (C=O) groups is 1. The highest BCUT2D eigenvalue weighted by Gasteiger charge is 2.26. The monoisotopic (exact) mass is 523 g/mol. The van der Waals surface area contributed by atoms with Crippen LogP contribution in [0, 0.1) is 0 Å². The Hall–Kier alpha value is -2.93. The minimum atomic E-state index is -3.57. The van der Waals surface area contributed by atoms with E-state index in [1.54, 1.807) is 36.4 Å². The number of hydrogen-bond acceptors (Lipinski definition) is 7. The van der Waals surface area contributed by atoms with Gasteiger partial charge in [-0.1, -0.05) is 6.08 Å². The Labute approximate surface area is 206 Å². The van der Waals surface area contributed by atoms with Gasteiger partial charge in [0.15, 0.2) is 0 Å². The summed E-state index contributed by atoms with van der Waals surface area (Å²) >= 11 is 0. The molecule has 190 valence electrons. The summed E-state index contributed by atoms with van der Waals surface area (Å²) in [6.07, 6.45) is 2.59. The molecule has 10 nitrogen and oxygen atoms in total. The zero-order chi connectivity index (χ0) is 25.5. The molecule has 1 fully saturated rings. The van der Waals surface area contributed by atoms with Crippen molar-refractivity contribution in [2.75, 3.05) is 56.6 Å². The molecule has 3 rings (SSSR count). The quantitative estimate of drug-likeness (QED) is 0.350. The molecule has 0 saturated carbocycles. The summed E-state index contributed by atoms with van der Waals surface area (Å²) < 4.78 is 62.5. The molecule has 1 N–H and O–H groups in total. The maximum Gasteiger partial charge on any atom is 0.251 e. The van der Waals surface area contributed by atoms with Gasteiger partial charge in [0.05, 0.1) is 43.1 Å². The molecule has 1 aliphatic rings. The average Bonchev–Trinajstić information content (AvgIpc) is 2.85. The van der Waals surface area contributed by atoms with Crippen LogP contribution in [0.4, 0.5) is 5.69 Å². The van der Waals surface area contributed by atoms with Gasteiger partial charge in [-0.05, 0) is 48.5 Å². The van der Waals surface area contributed by atoms with Crippen LogP contribution < -0.4 is 14.4 Å². The van der Waals surface area contributed by atoms with Crippen LogP contribution in [0.25, 0.3) is 0 Å². The molecule has 35 heavy (non-hydrogen) atoms. The lowest BCUT2D eigenvalue weighted by Gasteiger charge is -2.26. The molecular weight excluding hydrogens is 494 g/mol. The van der Waals surface area contributed by atoms with Crippen molar-refractivity contribution < 1.29 is 31.1 Å². The van der Waals surface area contributed by atoms with E-state index < -0.39 is 20.0 Å². The maximum atomic E-state index is 12.7. The number of nitrogens with one attached hydrogen (secondary N) is 1. The van der Waals surface area contributed by atoms with Gasteiger partial charge in [0.1, 0.15) is 12.4 Å². The molecule has 1 heterocycles. The number of hydrogen-bond donors (Lipinski definition) is 1. The Bertz CT molecular complexity index is 1220. The van der Waals surface area contributed by atoms with E-state index in [0.717, 1.165) is 6.26 Å². The van der Waals surface area contributed by atoms with Crippen molar-refractivity contribution >= 4 is 31.6 Å². The van der Waals surface area contributed by atoms with Crippen molar-refractivity contribution in [1.29, 1.82) is 0 Å². The smallest absolute Gasteiger partial charge is 0.251 e. The van der Waals surface area contributed by atoms with Crippen LogP contribution in [0.3, 0.4) is 0 Å². The third-order valence-corrected chi connectivity index (χ3v) is 8.27. The Morgan fingerprint density at radius 3 is 2.29 bits per heavy atom. The van der Waals surface area contributed by atoms with E-state index in [2.05, 4.69) is 11.9 Å². The molecule has 0 spiro atoms. The second kappa shape index (κ2) is 11.7. The SMILES string of the molecule is C=CCN(c1ccc(C(=O)NCCOc2ccc(S(=O)(=O)N3CCOCC3)cc2)cc1)S(C)(=O)=O. The van der Waals surface area contributed by atoms with Crippen molar-refractivity contribution in [1.82, 2.24) is 9.62 Å². The first kappa shape index (κ1) is 26.7. The second-order valence-electron chi connectivity index (χ2n) is 7.72. The van der Waals surface area contributed by atoms with Crippen molar-refractivity contribution in [2.24, 2.45) is 0 Å². The number of carbonyl (C=O) groups excluding carboxylic acids is 1. The van der Waals surface area contributed by atoms with Crippen LogP contribution in [0.1, 0.15) is 10.4 Å². The third-order valence-electron chi connectivity index (χ3n) is 5.20. The van der Waals surface area contributed by atoms with Crippen molar-refractivity contribution in [3.05, 3.63) is 66.7 Å². The molecule has 2 aromatic carbocycles. The van der Waals surface area contributed by atoms with Crippen LogP contribution in [0.5, 0.6) is 5.75 Å². The largest absolute Gasteiger partial charge is 0.492 e. The number of anilines is 1. The second-order valence-corrected chi connectivity index (χ2v) is 11.6. The van der Waals surface area contributed by atoms with Crippen molar-refractivity contribution in [3.8, 4) is 5.75 Å². The number of nitrogens with zero attached hydrogens (tertiary/aromatic N) is 2. The Morgan fingerprint density at radius 2 is 1.71 bits per heavy atom. The first-order valence-corrected chi connectivity index (χ1v) is 14.2. The van der Waals surface area contributed by atoms with E-state index in [1.807, 2.05) is 0 Å². The van der Waals surface area contributed by atoms with Gasteiger partial charge in [-0.15, -0.1) is 6.58 Å². The van der Waals surface area contributed by atoms with Gasteiger partial charge in [0.25, 0.3) is 5.91 Å². The fraction of sp³-hybridized carbons (Fsp3) is 0.348. The number of sulfonamides is 2. The van der Waals surface area contributed by atoms with Crippen LogP contribution >= 0.6 is 0 Å².